The maximum Gasteiger partial charge on any atom is 0.257 e. The molecule has 1 aromatic heterocycles. The zero-order valence-electron chi connectivity index (χ0n) is 9.84. The SMILES string of the molecule is NC(=S)c1ccc(NC(=O)c2ccc(=O)[nH]c2)cc1. The van der Waals surface area contributed by atoms with Crippen LogP contribution in [0.25, 0.3) is 0 Å². The monoisotopic (exact) mass is 273 g/mol. The summed E-state index contributed by atoms with van der Waals surface area (Å²) in [6.45, 7) is 0. The van der Waals surface area contributed by atoms with E-state index in [9.17, 15) is 9.59 Å². The van der Waals surface area contributed by atoms with Crippen LogP contribution in [-0.2, 0) is 0 Å². The topological polar surface area (TPSA) is 88.0 Å². The fraction of sp³-hybridized carbons (Fsp3) is 0. The van der Waals surface area contributed by atoms with Gasteiger partial charge in [0.15, 0.2) is 0 Å². The minimum Gasteiger partial charge on any atom is -0.389 e. The Bertz CT molecular complexity index is 657. The summed E-state index contributed by atoms with van der Waals surface area (Å²) in [5.41, 5.74) is 6.96. The first-order valence-corrected chi connectivity index (χ1v) is 5.87. The lowest BCUT2D eigenvalue weighted by molar-refractivity contribution is 0.102. The number of pyridine rings is 1. The summed E-state index contributed by atoms with van der Waals surface area (Å²) in [5, 5.41) is 2.70. The Morgan fingerprint density at radius 2 is 1.74 bits per heavy atom. The highest BCUT2D eigenvalue weighted by Crippen LogP contribution is 2.10. The van der Waals surface area contributed by atoms with Crippen molar-refractivity contribution in [2.75, 3.05) is 5.32 Å². The van der Waals surface area contributed by atoms with E-state index in [-0.39, 0.29) is 11.5 Å². The van der Waals surface area contributed by atoms with Crippen LogP contribution in [0.4, 0.5) is 5.69 Å². The number of benzene rings is 1. The van der Waals surface area contributed by atoms with Gasteiger partial charge in [0.05, 0.1) is 5.56 Å². The number of carbonyl (C=O) groups excluding carboxylic acids is 1. The number of H-pyrrole nitrogens is 1. The highest BCUT2D eigenvalue weighted by atomic mass is 32.1. The molecule has 0 unspecified atom stereocenters. The number of aromatic nitrogens is 1. The largest absolute Gasteiger partial charge is 0.389 e. The molecule has 1 heterocycles. The summed E-state index contributed by atoms with van der Waals surface area (Å²) >= 11 is 4.84. The van der Waals surface area contributed by atoms with E-state index in [1.807, 2.05) is 0 Å². The minimum atomic E-state index is -0.306. The third kappa shape index (κ3) is 3.26. The first-order chi connectivity index (χ1) is 9.06. The van der Waals surface area contributed by atoms with Crippen molar-refractivity contribution in [3.63, 3.8) is 0 Å². The molecular formula is C13H11N3O2S. The number of hydrogen-bond acceptors (Lipinski definition) is 3. The standard InChI is InChI=1S/C13H11N3O2S/c14-12(19)8-1-4-10(5-2-8)16-13(18)9-3-6-11(17)15-7-9/h1-7H,(H2,14,19)(H,15,17)(H,16,18). The number of hydrogen-bond donors (Lipinski definition) is 3. The lowest BCUT2D eigenvalue weighted by Crippen LogP contribution is -2.15. The molecule has 5 nitrogen and oxygen atoms in total. The Morgan fingerprint density at radius 1 is 1.11 bits per heavy atom. The molecular weight excluding hydrogens is 262 g/mol. The van der Waals surface area contributed by atoms with Gasteiger partial charge in [-0.1, -0.05) is 12.2 Å². The van der Waals surface area contributed by atoms with Crippen LogP contribution in [0.1, 0.15) is 15.9 Å². The second-order valence-electron chi connectivity index (χ2n) is 3.84. The summed E-state index contributed by atoms with van der Waals surface area (Å²) in [5.74, 6) is -0.306. The van der Waals surface area contributed by atoms with Crippen LogP contribution >= 0.6 is 12.2 Å². The van der Waals surface area contributed by atoms with Gasteiger partial charge in [0.25, 0.3) is 5.91 Å². The molecule has 0 fully saturated rings. The Hall–Kier alpha value is -2.47. The van der Waals surface area contributed by atoms with E-state index in [2.05, 4.69) is 10.3 Å². The Kier molecular flexibility index (Phi) is 3.72. The highest BCUT2D eigenvalue weighted by molar-refractivity contribution is 7.80. The molecule has 2 rings (SSSR count). The third-order valence-corrected chi connectivity index (χ3v) is 2.71. The second-order valence-corrected chi connectivity index (χ2v) is 4.28. The summed E-state index contributed by atoms with van der Waals surface area (Å²) in [6.07, 6.45) is 1.36. The van der Waals surface area contributed by atoms with Crippen molar-refractivity contribution in [3.05, 3.63) is 64.1 Å². The van der Waals surface area contributed by atoms with Crippen LogP contribution in [0.3, 0.4) is 0 Å². The predicted octanol–water partition coefficient (Wildman–Crippen LogP) is 1.26. The molecule has 0 aliphatic carbocycles. The van der Waals surface area contributed by atoms with Gasteiger partial charge in [-0.05, 0) is 30.3 Å². The number of nitrogens with two attached hydrogens (primary N) is 1. The molecule has 2 aromatic rings. The van der Waals surface area contributed by atoms with Crippen molar-refractivity contribution in [2.45, 2.75) is 0 Å². The summed E-state index contributed by atoms with van der Waals surface area (Å²) in [6, 6.07) is 9.62. The summed E-state index contributed by atoms with van der Waals surface area (Å²) in [7, 11) is 0. The average molecular weight is 273 g/mol. The number of amides is 1. The number of thiocarbonyl (C=S) groups is 1. The normalized spacial score (nSPS) is 9.89. The van der Waals surface area contributed by atoms with Crippen molar-refractivity contribution in [2.24, 2.45) is 5.73 Å². The van der Waals surface area contributed by atoms with Crippen LogP contribution in [0.5, 0.6) is 0 Å². The molecule has 0 spiro atoms. The smallest absolute Gasteiger partial charge is 0.257 e. The van der Waals surface area contributed by atoms with Gasteiger partial charge in [-0.15, -0.1) is 0 Å². The van der Waals surface area contributed by atoms with Crippen molar-refractivity contribution >= 4 is 28.8 Å². The second kappa shape index (κ2) is 5.45. The van der Waals surface area contributed by atoms with Crippen LogP contribution in [0, 0.1) is 0 Å². The van der Waals surface area contributed by atoms with Crippen LogP contribution in [0.15, 0.2) is 47.4 Å². The molecule has 1 amide bonds. The Labute approximate surface area is 114 Å². The van der Waals surface area contributed by atoms with Gasteiger partial charge >= 0.3 is 0 Å². The molecule has 96 valence electrons. The van der Waals surface area contributed by atoms with Crippen LogP contribution < -0.4 is 16.6 Å². The minimum absolute atomic E-state index is 0.252. The molecule has 0 saturated carbocycles. The van der Waals surface area contributed by atoms with E-state index in [4.69, 9.17) is 18.0 Å². The van der Waals surface area contributed by atoms with Gasteiger partial charge in [0, 0.05) is 23.5 Å². The van der Waals surface area contributed by atoms with E-state index in [1.54, 1.807) is 24.3 Å². The van der Waals surface area contributed by atoms with Gasteiger partial charge in [0.1, 0.15) is 4.99 Å². The van der Waals surface area contributed by atoms with Crippen molar-refractivity contribution in [1.29, 1.82) is 0 Å². The zero-order valence-corrected chi connectivity index (χ0v) is 10.7. The lowest BCUT2D eigenvalue weighted by atomic mass is 10.2. The zero-order chi connectivity index (χ0) is 13.8. The fourth-order valence-electron chi connectivity index (χ4n) is 1.47. The number of aromatic amines is 1. The van der Waals surface area contributed by atoms with E-state index < -0.39 is 0 Å². The molecule has 0 radical (unpaired) electrons. The molecule has 0 bridgehead atoms. The van der Waals surface area contributed by atoms with Gasteiger partial charge in [0.2, 0.25) is 5.56 Å². The molecule has 4 N–H and O–H groups in total. The van der Waals surface area contributed by atoms with Gasteiger partial charge < -0.3 is 16.0 Å². The lowest BCUT2D eigenvalue weighted by Gasteiger charge is -2.05. The van der Waals surface area contributed by atoms with Crippen molar-refractivity contribution in [3.8, 4) is 0 Å². The fourth-order valence-corrected chi connectivity index (χ4v) is 1.61. The quantitative estimate of drug-likeness (QED) is 0.735. The number of carbonyl (C=O) groups is 1. The van der Waals surface area contributed by atoms with Gasteiger partial charge in [-0.3, -0.25) is 9.59 Å². The van der Waals surface area contributed by atoms with Gasteiger partial charge in [-0.2, -0.15) is 0 Å². The average Bonchev–Trinajstić information content (AvgIpc) is 2.40. The molecule has 0 aliphatic heterocycles. The van der Waals surface area contributed by atoms with Crippen LogP contribution in [-0.4, -0.2) is 15.9 Å². The molecule has 6 heteroatoms. The first kappa shape index (κ1) is 13.0. The van der Waals surface area contributed by atoms with Gasteiger partial charge in [-0.25, -0.2) is 0 Å². The number of rotatable bonds is 3. The number of nitrogens with one attached hydrogen (secondary N) is 2. The Balaban J connectivity index is 2.12. The number of anilines is 1. The third-order valence-electron chi connectivity index (χ3n) is 2.47. The van der Waals surface area contributed by atoms with Crippen molar-refractivity contribution in [1.82, 2.24) is 4.98 Å². The molecule has 0 aliphatic rings. The predicted molar refractivity (Wildman–Crippen MR) is 77.3 cm³/mol. The van der Waals surface area contributed by atoms with E-state index >= 15 is 0 Å². The molecule has 0 saturated heterocycles. The summed E-state index contributed by atoms with van der Waals surface area (Å²) < 4.78 is 0. The molecule has 1 aromatic carbocycles. The maximum absolute atomic E-state index is 11.9. The molecule has 0 atom stereocenters. The molecule has 19 heavy (non-hydrogen) atoms. The highest BCUT2D eigenvalue weighted by Gasteiger charge is 2.06. The van der Waals surface area contributed by atoms with Crippen molar-refractivity contribution < 1.29 is 4.79 Å². The maximum atomic E-state index is 11.9. The van der Waals surface area contributed by atoms with E-state index in [0.29, 0.717) is 16.2 Å². The summed E-state index contributed by atoms with van der Waals surface area (Å²) in [4.78, 5) is 25.5. The van der Waals surface area contributed by atoms with Crippen LogP contribution in [0.2, 0.25) is 0 Å². The van der Waals surface area contributed by atoms with E-state index in [0.717, 1.165) is 5.56 Å². The Morgan fingerprint density at radius 3 is 2.26 bits per heavy atom. The van der Waals surface area contributed by atoms with E-state index in [1.165, 1.54) is 18.3 Å². The first-order valence-electron chi connectivity index (χ1n) is 5.46.